The van der Waals surface area contributed by atoms with Crippen molar-refractivity contribution in [2.24, 2.45) is 5.92 Å². The second-order valence-electron chi connectivity index (χ2n) is 11.8. The lowest BCUT2D eigenvalue weighted by Gasteiger charge is -2.16. The summed E-state index contributed by atoms with van der Waals surface area (Å²) in [5.41, 5.74) is 11.7. The zero-order valence-corrected chi connectivity index (χ0v) is 25.4. The van der Waals surface area contributed by atoms with Gasteiger partial charge in [0.2, 0.25) is 0 Å². The predicted octanol–water partition coefficient (Wildman–Crippen LogP) is 6.18. The molecular weight excluding hydrogens is 554 g/mol. The van der Waals surface area contributed by atoms with Crippen LogP contribution in [-0.2, 0) is 30.7 Å². The normalized spacial score (nSPS) is 16.9. The van der Waals surface area contributed by atoms with E-state index in [1.165, 1.54) is 44.0 Å². The van der Waals surface area contributed by atoms with Crippen LogP contribution in [0.15, 0.2) is 60.9 Å². The van der Waals surface area contributed by atoms with Crippen LogP contribution in [0.1, 0.15) is 44.9 Å². The largest absolute Gasteiger partial charge is 0.481 e. The zero-order valence-electron chi connectivity index (χ0n) is 24.6. The van der Waals surface area contributed by atoms with E-state index in [9.17, 15) is 9.90 Å². The van der Waals surface area contributed by atoms with Crippen molar-refractivity contribution in [2.75, 3.05) is 19.6 Å². The highest BCUT2D eigenvalue weighted by Gasteiger charge is 2.28. The first-order valence-corrected chi connectivity index (χ1v) is 15.8. The first kappa shape index (κ1) is 27.8. The molecule has 0 spiro atoms. The van der Waals surface area contributed by atoms with Crippen molar-refractivity contribution in [3.05, 3.63) is 99.4 Å². The molecule has 0 aliphatic carbocycles. The van der Waals surface area contributed by atoms with Crippen LogP contribution in [0.25, 0.3) is 32.6 Å². The van der Waals surface area contributed by atoms with Gasteiger partial charge in [0, 0.05) is 67.2 Å². The van der Waals surface area contributed by atoms with E-state index in [0.717, 1.165) is 53.2 Å². The van der Waals surface area contributed by atoms with Gasteiger partial charge in [-0.25, -0.2) is 4.98 Å². The third-order valence-electron chi connectivity index (χ3n) is 9.02. The number of nitrogens with zero attached hydrogens (tertiary/aromatic N) is 4. The van der Waals surface area contributed by atoms with Crippen LogP contribution in [0.3, 0.4) is 0 Å². The van der Waals surface area contributed by atoms with E-state index >= 15 is 0 Å². The summed E-state index contributed by atoms with van der Waals surface area (Å²) in [7, 11) is 0. The summed E-state index contributed by atoms with van der Waals surface area (Å²) in [6.07, 6.45) is 6.19. The maximum atomic E-state index is 11.4. The second kappa shape index (κ2) is 11.6. The summed E-state index contributed by atoms with van der Waals surface area (Å²) < 4.78 is 0. The van der Waals surface area contributed by atoms with Gasteiger partial charge in [0.05, 0.1) is 22.8 Å². The van der Waals surface area contributed by atoms with Gasteiger partial charge in [0.15, 0.2) is 0 Å². The molecule has 218 valence electrons. The van der Waals surface area contributed by atoms with Crippen LogP contribution in [-0.4, -0.2) is 50.6 Å². The summed E-state index contributed by atoms with van der Waals surface area (Å²) in [6.45, 7) is 8.45. The first-order valence-electron chi connectivity index (χ1n) is 15.0. The number of nitrogens with one attached hydrogen (secondary N) is 1. The summed E-state index contributed by atoms with van der Waals surface area (Å²) in [4.78, 5) is 29.6. The number of pyridine rings is 2. The quantitative estimate of drug-likeness (QED) is 0.234. The fraction of sp³-hybridized carbons (Fsp3) is 0.314. The highest BCUT2D eigenvalue weighted by atomic mass is 32.1. The number of hydrogen-bond acceptors (Lipinski definition) is 7. The Morgan fingerprint density at radius 2 is 1.88 bits per heavy atom. The number of carbonyl (C=O) groups is 1. The van der Waals surface area contributed by atoms with Crippen LogP contribution in [0.4, 0.5) is 0 Å². The van der Waals surface area contributed by atoms with E-state index in [-0.39, 0.29) is 5.92 Å². The number of likely N-dealkylation sites (tertiary alicyclic amines) is 1. The van der Waals surface area contributed by atoms with Gasteiger partial charge in [-0.15, -0.1) is 11.3 Å². The average molecular weight is 590 g/mol. The number of rotatable bonds is 7. The minimum Gasteiger partial charge on any atom is -0.481 e. The number of thiazole rings is 1. The Labute approximate surface area is 255 Å². The van der Waals surface area contributed by atoms with Gasteiger partial charge in [-0.2, -0.15) is 0 Å². The molecule has 1 saturated heterocycles. The Kier molecular flexibility index (Phi) is 7.51. The molecule has 2 aliphatic rings. The standard InChI is InChI=1S/C35H35N5O2S/c1-21-24(16-31-33-25(9-13-37-31)15-23(17-38-33)19-40-14-11-26(20-40)35(41)42)5-3-6-27(21)28-7-4-8-29(22(28)2)34-39-30-10-12-36-18-32(30)43-34/h3-9,13,15,17,26,36H,10-12,14,16,18-20H2,1-2H3,(H,41,42)/t26-/m1/s1. The molecule has 8 heteroatoms. The lowest BCUT2D eigenvalue weighted by molar-refractivity contribution is -0.141. The van der Waals surface area contributed by atoms with Gasteiger partial charge in [-0.3, -0.25) is 19.7 Å². The molecule has 0 saturated carbocycles. The molecule has 0 radical (unpaired) electrons. The Hall–Kier alpha value is -3.98. The summed E-state index contributed by atoms with van der Waals surface area (Å²) in [5, 5.41) is 15.0. The van der Waals surface area contributed by atoms with Gasteiger partial charge in [0.25, 0.3) is 0 Å². The Morgan fingerprint density at radius 1 is 1.07 bits per heavy atom. The van der Waals surface area contributed by atoms with E-state index in [0.29, 0.717) is 25.9 Å². The van der Waals surface area contributed by atoms with Crippen LogP contribution >= 0.6 is 11.3 Å². The number of fused-ring (bicyclic) bond motifs is 2. The van der Waals surface area contributed by atoms with Gasteiger partial charge < -0.3 is 10.4 Å². The van der Waals surface area contributed by atoms with Crippen molar-refractivity contribution in [3.8, 4) is 21.7 Å². The molecule has 2 aromatic carbocycles. The highest BCUT2D eigenvalue weighted by Crippen LogP contribution is 2.37. The molecule has 5 aromatic rings. The van der Waals surface area contributed by atoms with Crippen LogP contribution in [0.5, 0.6) is 0 Å². The van der Waals surface area contributed by atoms with Crippen molar-refractivity contribution in [1.82, 2.24) is 25.2 Å². The number of aliphatic carboxylic acids is 1. The molecule has 0 unspecified atom stereocenters. The van der Waals surface area contributed by atoms with Crippen molar-refractivity contribution >= 4 is 28.2 Å². The molecule has 0 bridgehead atoms. The maximum Gasteiger partial charge on any atom is 0.307 e. The van der Waals surface area contributed by atoms with E-state index in [2.05, 4.69) is 66.5 Å². The fourth-order valence-corrected chi connectivity index (χ4v) is 7.72. The summed E-state index contributed by atoms with van der Waals surface area (Å²) in [6, 6.07) is 17.3. The third kappa shape index (κ3) is 5.46. The van der Waals surface area contributed by atoms with Crippen molar-refractivity contribution in [2.45, 2.75) is 46.2 Å². The average Bonchev–Trinajstić information content (AvgIpc) is 3.66. The van der Waals surface area contributed by atoms with Crippen molar-refractivity contribution < 1.29 is 9.90 Å². The van der Waals surface area contributed by atoms with Gasteiger partial charge >= 0.3 is 5.97 Å². The molecule has 2 N–H and O–H groups in total. The lowest BCUT2D eigenvalue weighted by Crippen LogP contribution is -2.22. The molecule has 5 heterocycles. The molecule has 7 rings (SSSR count). The number of aromatic nitrogens is 3. The number of benzene rings is 2. The Balaban J connectivity index is 1.16. The Bertz CT molecular complexity index is 1820. The van der Waals surface area contributed by atoms with Crippen LogP contribution in [0, 0.1) is 19.8 Å². The van der Waals surface area contributed by atoms with Gasteiger partial charge in [-0.1, -0.05) is 36.4 Å². The first-order chi connectivity index (χ1) is 20.9. The topological polar surface area (TPSA) is 91.2 Å². The monoisotopic (exact) mass is 589 g/mol. The molecule has 1 atom stereocenters. The smallest absolute Gasteiger partial charge is 0.307 e. The van der Waals surface area contributed by atoms with E-state index < -0.39 is 5.97 Å². The molecular formula is C35H35N5O2S. The lowest BCUT2D eigenvalue weighted by atomic mass is 9.90. The van der Waals surface area contributed by atoms with E-state index in [4.69, 9.17) is 15.0 Å². The molecule has 1 fully saturated rings. The zero-order chi connectivity index (χ0) is 29.5. The SMILES string of the molecule is Cc1c(Cc2nccc3cc(CN4CC[C@@H](C(=O)O)C4)cnc23)cccc1-c1cccc(-c2nc3c(s2)CNCC3)c1C. The van der Waals surface area contributed by atoms with E-state index in [1.54, 1.807) is 0 Å². The number of carboxylic acids is 1. The van der Waals surface area contributed by atoms with Crippen LogP contribution < -0.4 is 5.32 Å². The number of hydrogen-bond donors (Lipinski definition) is 2. The van der Waals surface area contributed by atoms with Gasteiger partial charge in [-0.05, 0) is 72.3 Å². The highest BCUT2D eigenvalue weighted by molar-refractivity contribution is 7.15. The molecule has 2 aliphatic heterocycles. The molecule has 0 amide bonds. The second-order valence-corrected chi connectivity index (χ2v) is 12.9. The fourth-order valence-electron chi connectivity index (χ4n) is 6.56. The molecule has 43 heavy (non-hydrogen) atoms. The van der Waals surface area contributed by atoms with Crippen molar-refractivity contribution in [1.29, 1.82) is 0 Å². The van der Waals surface area contributed by atoms with E-state index in [1.807, 2.05) is 29.8 Å². The van der Waals surface area contributed by atoms with Crippen LogP contribution in [0.2, 0.25) is 0 Å². The van der Waals surface area contributed by atoms with Crippen molar-refractivity contribution in [3.63, 3.8) is 0 Å². The summed E-state index contributed by atoms with van der Waals surface area (Å²) in [5.74, 6) is -0.975. The minimum absolute atomic E-state index is 0.273. The Morgan fingerprint density at radius 3 is 2.70 bits per heavy atom. The minimum atomic E-state index is -0.701. The molecule has 3 aromatic heterocycles. The number of carboxylic acid groups (broad SMARTS) is 1. The molecule has 7 nitrogen and oxygen atoms in total. The maximum absolute atomic E-state index is 11.4. The predicted molar refractivity (Wildman–Crippen MR) is 171 cm³/mol. The van der Waals surface area contributed by atoms with Gasteiger partial charge in [0.1, 0.15) is 5.01 Å². The third-order valence-corrected chi connectivity index (χ3v) is 10.2. The summed E-state index contributed by atoms with van der Waals surface area (Å²) >= 11 is 1.81.